The van der Waals surface area contributed by atoms with Crippen LogP contribution >= 0.6 is 0 Å². The van der Waals surface area contributed by atoms with E-state index in [0.717, 1.165) is 12.0 Å². The lowest BCUT2D eigenvalue weighted by atomic mass is 10.1. The number of unbranched alkanes of at least 4 members (excludes halogenated alkanes) is 3. The molecule has 0 aromatic carbocycles. The zero-order valence-electron chi connectivity index (χ0n) is 11.8. The second kappa shape index (κ2) is 8.09. The van der Waals surface area contributed by atoms with Crippen molar-refractivity contribution < 1.29 is 9.53 Å². The average molecular weight is 251 g/mol. The Bertz CT molecular complexity index is 357. The van der Waals surface area contributed by atoms with Crippen LogP contribution in [0.15, 0.2) is 18.5 Å². The van der Waals surface area contributed by atoms with E-state index in [1.165, 1.54) is 25.7 Å². The molecule has 3 nitrogen and oxygen atoms in total. The summed E-state index contributed by atoms with van der Waals surface area (Å²) in [5, 5.41) is 0. The SMILES string of the molecule is CCCCCCC(C)OCC(=O)c1ccn(C)c1. The van der Waals surface area contributed by atoms with Gasteiger partial charge in [0.05, 0.1) is 6.10 Å². The Kier molecular flexibility index (Phi) is 6.73. The number of aryl methyl sites for hydroxylation is 1. The number of carbonyl (C=O) groups is 1. The molecule has 1 rings (SSSR count). The maximum absolute atomic E-state index is 11.8. The second-order valence-electron chi connectivity index (χ2n) is 4.96. The molecule has 0 aliphatic rings. The van der Waals surface area contributed by atoms with Gasteiger partial charge in [-0.2, -0.15) is 0 Å². The lowest BCUT2D eigenvalue weighted by Gasteiger charge is -2.11. The van der Waals surface area contributed by atoms with Crippen LogP contribution in [-0.2, 0) is 11.8 Å². The lowest BCUT2D eigenvalue weighted by molar-refractivity contribution is 0.0483. The first kappa shape index (κ1) is 15.0. The number of hydrogen-bond acceptors (Lipinski definition) is 2. The molecule has 0 fully saturated rings. The van der Waals surface area contributed by atoms with Gasteiger partial charge in [0.15, 0.2) is 5.78 Å². The van der Waals surface area contributed by atoms with Crippen LogP contribution in [-0.4, -0.2) is 23.1 Å². The van der Waals surface area contributed by atoms with E-state index < -0.39 is 0 Å². The highest BCUT2D eigenvalue weighted by molar-refractivity contribution is 5.96. The number of Topliss-reactive ketones (excluding diaryl/α,β-unsaturated/α-hetero) is 1. The molecule has 0 aliphatic carbocycles. The monoisotopic (exact) mass is 251 g/mol. The third-order valence-electron chi connectivity index (χ3n) is 3.12. The van der Waals surface area contributed by atoms with Crippen molar-refractivity contribution in [1.82, 2.24) is 4.57 Å². The molecule has 0 aliphatic heterocycles. The van der Waals surface area contributed by atoms with E-state index in [4.69, 9.17) is 4.74 Å². The quantitative estimate of drug-likeness (QED) is 0.496. The summed E-state index contributed by atoms with van der Waals surface area (Å²) in [5.74, 6) is 0.0657. The van der Waals surface area contributed by atoms with Crippen molar-refractivity contribution in [2.24, 2.45) is 7.05 Å². The minimum absolute atomic E-state index is 0.0657. The summed E-state index contributed by atoms with van der Waals surface area (Å²) in [6, 6.07) is 1.83. The zero-order valence-corrected chi connectivity index (χ0v) is 11.8. The van der Waals surface area contributed by atoms with Crippen LogP contribution in [0.3, 0.4) is 0 Å². The van der Waals surface area contributed by atoms with Crippen LogP contribution < -0.4 is 0 Å². The third kappa shape index (κ3) is 5.50. The molecule has 0 amide bonds. The Morgan fingerprint density at radius 3 is 2.78 bits per heavy atom. The maximum Gasteiger partial charge on any atom is 0.189 e. The Labute approximate surface area is 110 Å². The lowest BCUT2D eigenvalue weighted by Crippen LogP contribution is -2.15. The van der Waals surface area contributed by atoms with Crippen molar-refractivity contribution in [2.75, 3.05) is 6.61 Å². The number of ketones is 1. The smallest absolute Gasteiger partial charge is 0.189 e. The van der Waals surface area contributed by atoms with Gasteiger partial charge in [-0.1, -0.05) is 32.6 Å². The fourth-order valence-corrected chi connectivity index (χ4v) is 1.91. The van der Waals surface area contributed by atoms with E-state index in [0.29, 0.717) is 0 Å². The summed E-state index contributed by atoms with van der Waals surface area (Å²) in [5.41, 5.74) is 0.732. The molecule has 1 aromatic heterocycles. The van der Waals surface area contributed by atoms with Gasteiger partial charge in [0, 0.05) is 25.0 Å². The Balaban J connectivity index is 2.18. The molecule has 1 aromatic rings. The second-order valence-corrected chi connectivity index (χ2v) is 4.96. The van der Waals surface area contributed by atoms with Gasteiger partial charge in [0.2, 0.25) is 0 Å². The van der Waals surface area contributed by atoms with E-state index in [-0.39, 0.29) is 18.5 Å². The van der Waals surface area contributed by atoms with Crippen molar-refractivity contribution >= 4 is 5.78 Å². The van der Waals surface area contributed by atoms with E-state index in [9.17, 15) is 4.79 Å². The molecule has 102 valence electrons. The summed E-state index contributed by atoms with van der Waals surface area (Å²) >= 11 is 0. The number of carbonyl (C=O) groups excluding carboxylic acids is 1. The highest BCUT2D eigenvalue weighted by Gasteiger charge is 2.09. The molecule has 0 bridgehead atoms. The predicted octanol–water partition coefficient (Wildman–Crippen LogP) is 3.58. The zero-order chi connectivity index (χ0) is 13.4. The Morgan fingerprint density at radius 1 is 1.39 bits per heavy atom. The molecule has 0 radical (unpaired) electrons. The van der Waals surface area contributed by atoms with Gasteiger partial charge >= 0.3 is 0 Å². The molecule has 1 atom stereocenters. The van der Waals surface area contributed by atoms with Crippen LogP contribution in [0, 0.1) is 0 Å². The maximum atomic E-state index is 11.8. The van der Waals surface area contributed by atoms with Gasteiger partial charge in [-0.05, 0) is 19.4 Å². The van der Waals surface area contributed by atoms with E-state index in [1.807, 2.05) is 37.0 Å². The van der Waals surface area contributed by atoms with Crippen molar-refractivity contribution in [3.63, 3.8) is 0 Å². The van der Waals surface area contributed by atoms with Crippen molar-refractivity contribution in [3.05, 3.63) is 24.0 Å². The minimum Gasteiger partial charge on any atom is -0.370 e. The summed E-state index contributed by atoms with van der Waals surface area (Å²) in [4.78, 5) is 11.8. The Hall–Kier alpha value is -1.09. The first-order valence-corrected chi connectivity index (χ1v) is 6.90. The van der Waals surface area contributed by atoms with Crippen LogP contribution in [0.4, 0.5) is 0 Å². The largest absolute Gasteiger partial charge is 0.370 e. The fraction of sp³-hybridized carbons (Fsp3) is 0.667. The van der Waals surface area contributed by atoms with Crippen LogP contribution in [0.1, 0.15) is 56.3 Å². The van der Waals surface area contributed by atoms with Crippen LogP contribution in [0.25, 0.3) is 0 Å². The number of ether oxygens (including phenoxy) is 1. The van der Waals surface area contributed by atoms with Gasteiger partial charge in [-0.25, -0.2) is 0 Å². The normalized spacial score (nSPS) is 12.6. The van der Waals surface area contributed by atoms with Crippen LogP contribution in [0.5, 0.6) is 0 Å². The number of aromatic nitrogens is 1. The minimum atomic E-state index is 0.0657. The molecule has 1 unspecified atom stereocenters. The highest BCUT2D eigenvalue weighted by atomic mass is 16.5. The standard InChI is InChI=1S/C15H25NO2/c1-4-5-6-7-8-13(2)18-12-15(17)14-9-10-16(3)11-14/h9-11,13H,4-8,12H2,1-3H3. The molecule has 0 spiro atoms. The molecular formula is C15H25NO2. The topological polar surface area (TPSA) is 31.2 Å². The van der Waals surface area contributed by atoms with Crippen molar-refractivity contribution in [1.29, 1.82) is 0 Å². The van der Waals surface area contributed by atoms with Crippen molar-refractivity contribution in [2.45, 2.75) is 52.1 Å². The van der Waals surface area contributed by atoms with Crippen LogP contribution in [0.2, 0.25) is 0 Å². The van der Waals surface area contributed by atoms with E-state index in [1.54, 1.807) is 0 Å². The fourth-order valence-electron chi connectivity index (χ4n) is 1.91. The number of rotatable bonds is 9. The predicted molar refractivity (Wildman–Crippen MR) is 73.9 cm³/mol. The van der Waals surface area contributed by atoms with Gasteiger partial charge in [0.25, 0.3) is 0 Å². The summed E-state index contributed by atoms with van der Waals surface area (Å²) in [6.45, 7) is 4.45. The van der Waals surface area contributed by atoms with Crippen molar-refractivity contribution in [3.8, 4) is 0 Å². The molecular weight excluding hydrogens is 226 g/mol. The number of nitrogens with zero attached hydrogens (tertiary/aromatic N) is 1. The molecule has 0 N–H and O–H groups in total. The van der Waals surface area contributed by atoms with Gasteiger partial charge < -0.3 is 9.30 Å². The van der Waals surface area contributed by atoms with Gasteiger partial charge in [0.1, 0.15) is 6.61 Å². The van der Waals surface area contributed by atoms with E-state index >= 15 is 0 Å². The average Bonchev–Trinajstić information content (AvgIpc) is 2.78. The number of hydrogen-bond donors (Lipinski definition) is 0. The molecule has 3 heteroatoms. The van der Waals surface area contributed by atoms with Gasteiger partial charge in [-0.3, -0.25) is 4.79 Å². The van der Waals surface area contributed by atoms with Gasteiger partial charge in [-0.15, -0.1) is 0 Å². The first-order valence-electron chi connectivity index (χ1n) is 6.90. The molecule has 0 saturated carbocycles. The third-order valence-corrected chi connectivity index (χ3v) is 3.12. The summed E-state index contributed by atoms with van der Waals surface area (Å²) in [6.07, 6.45) is 9.92. The molecule has 0 saturated heterocycles. The summed E-state index contributed by atoms with van der Waals surface area (Å²) < 4.78 is 7.47. The highest BCUT2D eigenvalue weighted by Crippen LogP contribution is 2.09. The molecule has 1 heterocycles. The Morgan fingerprint density at radius 2 is 2.17 bits per heavy atom. The molecule has 18 heavy (non-hydrogen) atoms. The summed E-state index contributed by atoms with van der Waals surface area (Å²) in [7, 11) is 1.91. The van der Waals surface area contributed by atoms with E-state index in [2.05, 4.69) is 6.92 Å². The first-order chi connectivity index (χ1) is 8.63.